The second-order valence-electron chi connectivity index (χ2n) is 5.57. The number of piperidine rings is 1. The van der Waals surface area contributed by atoms with Gasteiger partial charge in [-0.1, -0.05) is 0 Å². The lowest BCUT2D eigenvalue weighted by molar-refractivity contribution is -0.142. The molecule has 0 aromatic heterocycles. The standard InChI is InChI=1S/C12H23N3O2/c1-14-5-3-4-10(7-14)15(2)12(6-11(16)17)8-13-9-12/h10,13H,3-9H2,1-2H3,(H,16,17). The van der Waals surface area contributed by atoms with Crippen LogP contribution in [0.1, 0.15) is 19.3 Å². The Kier molecular flexibility index (Phi) is 3.70. The van der Waals surface area contributed by atoms with Gasteiger partial charge in [0.05, 0.1) is 12.0 Å². The van der Waals surface area contributed by atoms with Gasteiger partial charge in [0.2, 0.25) is 0 Å². The van der Waals surface area contributed by atoms with E-state index in [-0.39, 0.29) is 12.0 Å². The van der Waals surface area contributed by atoms with Crippen molar-refractivity contribution in [1.29, 1.82) is 0 Å². The van der Waals surface area contributed by atoms with Crippen LogP contribution in [0.3, 0.4) is 0 Å². The molecule has 2 aliphatic heterocycles. The molecule has 0 bridgehead atoms. The lowest BCUT2D eigenvalue weighted by Crippen LogP contribution is -2.71. The van der Waals surface area contributed by atoms with E-state index in [9.17, 15) is 4.79 Å². The summed E-state index contributed by atoms with van der Waals surface area (Å²) in [5, 5.41) is 12.3. The summed E-state index contributed by atoms with van der Waals surface area (Å²) in [6.45, 7) is 3.82. The number of likely N-dealkylation sites (tertiary alicyclic amines) is 1. The maximum absolute atomic E-state index is 11.0. The average Bonchev–Trinajstić information content (AvgIpc) is 2.22. The van der Waals surface area contributed by atoms with Crippen molar-refractivity contribution in [2.75, 3.05) is 40.3 Å². The monoisotopic (exact) mass is 241 g/mol. The Morgan fingerprint density at radius 1 is 1.59 bits per heavy atom. The summed E-state index contributed by atoms with van der Waals surface area (Å²) in [5.74, 6) is -0.692. The van der Waals surface area contributed by atoms with Crippen molar-refractivity contribution in [3.63, 3.8) is 0 Å². The highest BCUT2D eigenvalue weighted by atomic mass is 16.4. The maximum Gasteiger partial charge on any atom is 0.305 e. The van der Waals surface area contributed by atoms with Crippen LogP contribution in [0.5, 0.6) is 0 Å². The summed E-state index contributed by atoms with van der Waals surface area (Å²) in [7, 11) is 4.23. The van der Waals surface area contributed by atoms with Crippen molar-refractivity contribution in [2.24, 2.45) is 0 Å². The molecule has 0 spiro atoms. The lowest BCUT2D eigenvalue weighted by Gasteiger charge is -2.52. The molecule has 1 atom stereocenters. The number of carboxylic acid groups (broad SMARTS) is 1. The molecule has 1 unspecified atom stereocenters. The van der Waals surface area contributed by atoms with Crippen LogP contribution in [0, 0.1) is 0 Å². The van der Waals surface area contributed by atoms with Crippen LogP contribution in [-0.2, 0) is 4.79 Å². The fourth-order valence-corrected chi connectivity index (χ4v) is 3.04. The average molecular weight is 241 g/mol. The van der Waals surface area contributed by atoms with Crippen LogP contribution in [0.15, 0.2) is 0 Å². The number of nitrogens with one attached hydrogen (secondary N) is 1. The number of carboxylic acids is 1. The Morgan fingerprint density at radius 2 is 2.29 bits per heavy atom. The molecule has 17 heavy (non-hydrogen) atoms. The van der Waals surface area contributed by atoms with Crippen LogP contribution < -0.4 is 5.32 Å². The van der Waals surface area contributed by atoms with Crippen molar-refractivity contribution in [2.45, 2.75) is 30.8 Å². The summed E-state index contributed by atoms with van der Waals surface area (Å²) < 4.78 is 0. The molecule has 5 heteroatoms. The van der Waals surface area contributed by atoms with E-state index in [0.717, 1.165) is 26.2 Å². The second-order valence-corrected chi connectivity index (χ2v) is 5.57. The minimum Gasteiger partial charge on any atom is -0.481 e. The number of nitrogens with zero attached hydrogens (tertiary/aromatic N) is 2. The second kappa shape index (κ2) is 4.92. The number of carbonyl (C=O) groups is 1. The molecule has 2 fully saturated rings. The molecule has 98 valence electrons. The molecule has 0 amide bonds. The van der Waals surface area contributed by atoms with Gasteiger partial charge in [0.15, 0.2) is 0 Å². The Hall–Kier alpha value is -0.650. The molecule has 2 N–H and O–H groups in total. The Labute approximate surface area is 103 Å². The Balaban J connectivity index is 2.01. The number of hydrogen-bond acceptors (Lipinski definition) is 4. The molecule has 5 nitrogen and oxygen atoms in total. The highest BCUT2D eigenvalue weighted by molar-refractivity contribution is 5.68. The third kappa shape index (κ3) is 2.61. The molecule has 0 saturated carbocycles. The minimum absolute atomic E-state index is 0.158. The number of rotatable bonds is 4. The normalized spacial score (nSPS) is 29.0. The van der Waals surface area contributed by atoms with E-state index in [1.807, 2.05) is 0 Å². The first-order valence-electron chi connectivity index (χ1n) is 6.37. The molecular formula is C12H23N3O2. The van der Waals surface area contributed by atoms with E-state index < -0.39 is 5.97 Å². The predicted molar refractivity (Wildman–Crippen MR) is 66.1 cm³/mol. The first kappa shape index (κ1) is 12.8. The van der Waals surface area contributed by atoms with E-state index in [1.165, 1.54) is 12.8 Å². The first-order valence-corrected chi connectivity index (χ1v) is 6.37. The lowest BCUT2D eigenvalue weighted by atomic mass is 9.84. The van der Waals surface area contributed by atoms with Crippen LogP contribution in [0.4, 0.5) is 0 Å². The van der Waals surface area contributed by atoms with Gasteiger partial charge in [-0.3, -0.25) is 9.69 Å². The van der Waals surface area contributed by atoms with Gasteiger partial charge in [0, 0.05) is 25.7 Å². The van der Waals surface area contributed by atoms with Crippen molar-refractivity contribution >= 4 is 5.97 Å². The van der Waals surface area contributed by atoms with Crippen molar-refractivity contribution in [3.8, 4) is 0 Å². The van der Waals surface area contributed by atoms with Crippen molar-refractivity contribution in [1.82, 2.24) is 15.1 Å². The Bertz CT molecular complexity index is 291. The zero-order chi connectivity index (χ0) is 12.5. The van der Waals surface area contributed by atoms with Gasteiger partial charge in [-0.2, -0.15) is 0 Å². The fourth-order valence-electron chi connectivity index (χ4n) is 3.04. The maximum atomic E-state index is 11.0. The quantitative estimate of drug-likeness (QED) is 0.715. The minimum atomic E-state index is -0.692. The zero-order valence-corrected chi connectivity index (χ0v) is 10.8. The summed E-state index contributed by atoms with van der Waals surface area (Å²) in [5.41, 5.74) is -0.158. The molecule has 2 saturated heterocycles. The van der Waals surface area contributed by atoms with Crippen LogP contribution in [0.25, 0.3) is 0 Å². The van der Waals surface area contributed by atoms with Gasteiger partial charge in [-0.05, 0) is 33.5 Å². The van der Waals surface area contributed by atoms with Crippen molar-refractivity contribution in [3.05, 3.63) is 0 Å². The van der Waals surface area contributed by atoms with Gasteiger partial charge in [0.25, 0.3) is 0 Å². The molecular weight excluding hydrogens is 218 g/mol. The van der Waals surface area contributed by atoms with Gasteiger partial charge < -0.3 is 15.3 Å². The number of likely N-dealkylation sites (N-methyl/N-ethyl adjacent to an activating group) is 2. The van der Waals surface area contributed by atoms with Gasteiger partial charge >= 0.3 is 5.97 Å². The molecule has 0 aromatic rings. The third-order valence-electron chi connectivity index (χ3n) is 4.28. The smallest absolute Gasteiger partial charge is 0.305 e. The molecule has 0 radical (unpaired) electrons. The zero-order valence-electron chi connectivity index (χ0n) is 10.8. The first-order chi connectivity index (χ1) is 8.03. The van der Waals surface area contributed by atoms with Crippen LogP contribution in [-0.4, -0.2) is 72.7 Å². The predicted octanol–water partition coefficient (Wildman–Crippen LogP) is -0.171. The van der Waals surface area contributed by atoms with Gasteiger partial charge in [-0.25, -0.2) is 0 Å². The third-order valence-corrected chi connectivity index (χ3v) is 4.28. The summed E-state index contributed by atoms with van der Waals surface area (Å²) in [6, 6.07) is 0.496. The van der Waals surface area contributed by atoms with Gasteiger partial charge in [0.1, 0.15) is 0 Å². The van der Waals surface area contributed by atoms with Crippen LogP contribution in [0.2, 0.25) is 0 Å². The van der Waals surface area contributed by atoms with E-state index in [1.54, 1.807) is 0 Å². The van der Waals surface area contributed by atoms with E-state index in [4.69, 9.17) is 5.11 Å². The topological polar surface area (TPSA) is 55.8 Å². The van der Waals surface area contributed by atoms with E-state index in [2.05, 4.69) is 29.2 Å². The molecule has 2 heterocycles. The highest BCUT2D eigenvalue weighted by Gasteiger charge is 2.45. The van der Waals surface area contributed by atoms with E-state index in [0.29, 0.717) is 6.04 Å². The number of aliphatic carboxylic acids is 1. The largest absolute Gasteiger partial charge is 0.481 e. The number of hydrogen-bond donors (Lipinski definition) is 2. The van der Waals surface area contributed by atoms with Gasteiger partial charge in [-0.15, -0.1) is 0 Å². The Morgan fingerprint density at radius 3 is 2.76 bits per heavy atom. The molecule has 0 aliphatic carbocycles. The van der Waals surface area contributed by atoms with E-state index >= 15 is 0 Å². The summed E-state index contributed by atoms with van der Waals surface area (Å²) in [4.78, 5) is 15.6. The van der Waals surface area contributed by atoms with Crippen LogP contribution >= 0.6 is 0 Å². The summed E-state index contributed by atoms with van der Waals surface area (Å²) >= 11 is 0. The molecule has 0 aromatic carbocycles. The fraction of sp³-hybridized carbons (Fsp3) is 0.917. The molecule has 2 rings (SSSR count). The van der Waals surface area contributed by atoms with Crippen molar-refractivity contribution < 1.29 is 9.90 Å². The molecule has 2 aliphatic rings. The highest BCUT2D eigenvalue weighted by Crippen LogP contribution is 2.28. The summed E-state index contributed by atoms with van der Waals surface area (Å²) in [6.07, 6.45) is 2.64. The SMILES string of the molecule is CN1CCCC(N(C)C2(CC(=O)O)CNC2)C1.